The first-order valence-electron chi connectivity index (χ1n) is 7.37. The lowest BCUT2D eigenvalue weighted by Gasteiger charge is -2.15. The van der Waals surface area contributed by atoms with Gasteiger partial charge >= 0.3 is 0 Å². The van der Waals surface area contributed by atoms with E-state index in [9.17, 15) is 4.79 Å². The number of halogens is 1. The van der Waals surface area contributed by atoms with Gasteiger partial charge in [-0.05, 0) is 25.5 Å². The van der Waals surface area contributed by atoms with Crippen LogP contribution in [0.15, 0.2) is 22.9 Å². The number of thiophene rings is 1. The first-order chi connectivity index (χ1) is 11.6. The van der Waals surface area contributed by atoms with Crippen LogP contribution in [0.5, 0.6) is 0 Å². The summed E-state index contributed by atoms with van der Waals surface area (Å²) >= 11 is 7.20. The number of aromatic nitrogens is 5. The number of amides is 1. The van der Waals surface area contributed by atoms with Crippen LogP contribution in [-0.4, -0.2) is 49.0 Å². The molecule has 3 aromatic heterocycles. The van der Waals surface area contributed by atoms with Crippen LogP contribution < -0.4 is 0 Å². The lowest BCUT2D eigenvalue weighted by molar-refractivity contribution is 0.0791. The van der Waals surface area contributed by atoms with Gasteiger partial charge in [0, 0.05) is 13.1 Å². The fraction of sp³-hybridized carbons (Fsp3) is 0.357. The highest BCUT2D eigenvalue weighted by molar-refractivity contribution is 7.17. The van der Waals surface area contributed by atoms with E-state index in [-0.39, 0.29) is 11.9 Å². The molecule has 0 aromatic carbocycles. The topological polar surface area (TPSA) is 89.9 Å². The van der Waals surface area contributed by atoms with E-state index in [0.29, 0.717) is 39.7 Å². The van der Waals surface area contributed by atoms with E-state index in [1.54, 1.807) is 29.9 Å². The molecule has 4 rings (SSSR count). The molecule has 0 radical (unpaired) electrons. The van der Waals surface area contributed by atoms with Crippen LogP contribution in [0.4, 0.5) is 0 Å². The molecule has 0 bridgehead atoms. The molecule has 1 aliphatic rings. The summed E-state index contributed by atoms with van der Waals surface area (Å²) in [6.07, 6.45) is 2.59. The summed E-state index contributed by atoms with van der Waals surface area (Å²) in [5.74, 6) is 0.895. The summed E-state index contributed by atoms with van der Waals surface area (Å²) in [5, 5.41) is 12.0. The smallest absolute Gasteiger partial charge is 0.280 e. The highest BCUT2D eigenvalue weighted by atomic mass is 35.5. The molecule has 4 heterocycles. The van der Waals surface area contributed by atoms with E-state index in [4.69, 9.17) is 16.1 Å². The third kappa shape index (κ3) is 2.80. The first kappa shape index (κ1) is 15.3. The van der Waals surface area contributed by atoms with Gasteiger partial charge in [0.1, 0.15) is 0 Å². The van der Waals surface area contributed by atoms with Gasteiger partial charge in [-0.15, -0.1) is 16.4 Å². The molecule has 1 amide bonds. The maximum Gasteiger partial charge on any atom is 0.280 e. The molecule has 24 heavy (non-hydrogen) atoms. The van der Waals surface area contributed by atoms with Crippen LogP contribution in [0, 0.1) is 6.92 Å². The van der Waals surface area contributed by atoms with Gasteiger partial charge < -0.3 is 9.42 Å². The van der Waals surface area contributed by atoms with Crippen molar-refractivity contribution in [3.05, 3.63) is 33.4 Å². The molecule has 1 saturated heterocycles. The minimum atomic E-state index is 0.00210. The Bertz CT molecular complexity index is 887. The number of carbonyl (C=O) groups is 1. The van der Waals surface area contributed by atoms with Crippen molar-refractivity contribution in [2.45, 2.75) is 19.4 Å². The molecule has 0 unspecified atom stereocenters. The monoisotopic (exact) mass is 364 g/mol. The molecule has 0 aliphatic carbocycles. The Kier molecular flexibility index (Phi) is 3.81. The number of hydrogen-bond acceptors (Lipinski definition) is 7. The number of hydrogen-bond donors (Lipinski definition) is 0. The van der Waals surface area contributed by atoms with Gasteiger partial charge in [-0.2, -0.15) is 4.98 Å². The predicted molar refractivity (Wildman–Crippen MR) is 86.9 cm³/mol. The van der Waals surface area contributed by atoms with Crippen molar-refractivity contribution in [3.63, 3.8) is 0 Å². The average Bonchev–Trinajstić information content (AvgIpc) is 3.33. The highest BCUT2D eigenvalue weighted by Gasteiger charge is 2.30. The normalized spacial score (nSPS) is 17.6. The first-order valence-corrected chi connectivity index (χ1v) is 8.57. The number of nitrogens with zero attached hydrogens (tertiary/aromatic N) is 6. The fourth-order valence-electron chi connectivity index (χ4n) is 2.68. The quantitative estimate of drug-likeness (QED) is 0.709. The maximum atomic E-state index is 12.5. The van der Waals surface area contributed by atoms with E-state index >= 15 is 0 Å². The van der Waals surface area contributed by atoms with E-state index < -0.39 is 0 Å². The minimum Gasteiger partial charge on any atom is -0.336 e. The highest BCUT2D eigenvalue weighted by Crippen LogP contribution is 2.27. The Morgan fingerprint density at radius 1 is 1.46 bits per heavy atom. The van der Waals surface area contributed by atoms with Gasteiger partial charge in [-0.1, -0.05) is 22.0 Å². The van der Waals surface area contributed by atoms with Gasteiger partial charge in [0.15, 0.2) is 11.5 Å². The van der Waals surface area contributed by atoms with Crippen molar-refractivity contribution in [1.29, 1.82) is 0 Å². The van der Waals surface area contributed by atoms with E-state index in [1.165, 1.54) is 11.3 Å². The van der Waals surface area contributed by atoms with Gasteiger partial charge in [-0.3, -0.25) is 4.79 Å². The Morgan fingerprint density at radius 2 is 2.33 bits per heavy atom. The van der Waals surface area contributed by atoms with Gasteiger partial charge in [-0.25, -0.2) is 4.68 Å². The van der Waals surface area contributed by atoms with Crippen LogP contribution >= 0.6 is 22.9 Å². The molecule has 0 spiro atoms. The van der Waals surface area contributed by atoms with Crippen LogP contribution in [0.1, 0.15) is 28.0 Å². The fourth-order valence-corrected chi connectivity index (χ4v) is 3.69. The van der Waals surface area contributed by atoms with Gasteiger partial charge in [0.2, 0.25) is 0 Å². The largest absolute Gasteiger partial charge is 0.336 e. The molecule has 1 atom stereocenters. The Morgan fingerprint density at radius 3 is 3.04 bits per heavy atom. The third-order valence-electron chi connectivity index (χ3n) is 3.87. The van der Waals surface area contributed by atoms with Crippen molar-refractivity contribution in [1.82, 2.24) is 30.0 Å². The summed E-state index contributed by atoms with van der Waals surface area (Å²) in [7, 11) is 0. The third-order valence-corrected chi connectivity index (χ3v) is 5.08. The second kappa shape index (κ2) is 5.99. The molecule has 3 aromatic rings. The van der Waals surface area contributed by atoms with Crippen molar-refractivity contribution >= 4 is 28.8 Å². The molecular weight excluding hydrogens is 352 g/mol. The van der Waals surface area contributed by atoms with E-state index in [0.717, 1.165) is 6.42 Å². The van der Waals surface area contributed by atoms with Crippen molar-refractivity contribution in [2.24, 2.45) is 0 Å². The maximum absolute atomic E-state index is 12.5. The number of aryl methyl sites for hydroxylation is 1. The molecule has 1 fully saturated rings. The standard InChI is InChI=1S/C14H13ClN6O2S/c1-8-16-13(23-18-8)10-7-21(19-17-10)9-4-5-20(6-9)14(22)11-2-3-12(15)24-11/h2-3,7,9H,4-6H2,1H3/t9-/m1/s1. The number of carbonyl (C=O) groups excluding carboxylic acids is 1. The van der Waals surface area contributed by atoms with Crippen molar-refractivity contribution in [3.8, 4) is 11.6 Å². The Labute approximate surface area is 146 Å². The number of rotatable bonds is 3. The Hall–Kier alpha value is -2.26. The molecule has 1 aliphatic heterocycles. The summed E-state index contributed by atoms with van der Waals surface area (Å²) < 4.78 is 7.46. The van der Waals surface area contributed by atoms with Crippen LogP contribution in [0.3, 0.4) is 0 Å². The van der Waals surface area contributed by atoms with Gasteiger partial charge in [0.25, 0.3) is 11.8 Å². The van der Waals surface area contributed by atoms with Crippen LogP contribution in [-0.2, 0) is 0 Å². The van der Waals surface area contributed by atoms with E-state index in [1.807, 2.05) is 4.90 Å². The molecule has 0 N–H and O–H groups in total. The van der Waals surface area contributed by atoms with Crippen molar-refractivity contribution in [2.75, 3.05) is 13.1 Å². The zero-order valence-electron chi connectivity index (χ0n) is 12.7. The van der Waals surface area contributed by atoms with E-state index in [2.05, 4.69) is 20.5 Å². The second-order valence-corrected chi connectivity index (χ2v) is 7.24. The zero-order chi connectivity index (χ0) is 16.7. The van der Waals surface area contributed by atoms with Gasteiger partial charge in [0.05, 0.1) is 21.5 Å². The molecule has 124 valence electrons. The summed E-state index contributed by atoms with van der Waals surface area (Å²) in [5.41, 5.74) is 0.533. The number of likely N-dealkylation sites (tertiary alicyclic amines) is 1. The molecule has 0 saturated carbocycles. The average molecular weight is 365 g/mol. The van der Waals surface area contributed by atoms with Crippen LogP contribution in [0.2, 0.25) is 4.34 Å². The van der Waals surface area contributed by atoms with Crippen LogP contribution in [0.25, 0.3) is 11.6 Å². The molecule has 10 heteroatoms. The molecule has 8 nitrogen and oxygen atoms in total. The second-order valence-electron chi connectivity index (χ2n) is 5.53. The lowest BCUT2D eigenvalue weighted by Crippen LogP contribution is -2.28. The summed E-state index contributed by atoms with van der Waals surface area (Å²) in [4.78, 5) is 19.1. The zero-order valence-corrected chi connectivity index (χ0v) is 14.3. The molecular formula is C14H13ClN6O2S. The summed E-state index contributed by atoms with van der Waals surface area (Å²) in [6.45, 7) is 3.00. The SMILES string of the molecule is Cc1noc(-c2cn([C@@H]3CCN(C(=O)c4ccc(Cl)s4)C3)nn2)n1. The van der Waals surface area contributed by atoms with Crippen molar-refractivity contribution < 1.29 is 9.32 Å². The summed E-state index contributed by atoms with van der Waals surface area (Å²) in [6, 6.07) is 3.58. The minimum absolute atomic E-state index is 0.00210. The Balaban J connectivity index is 1.47. The lowest BCUT2D eigenvalue weighted by atomic mass is 10.3. The predicted octanol–water partition coefficient (Wildman–Crippen LogP) is 2.44.